The molecular weight excluding hydrogens is 374 g/mol. The summed E-state index contributed by atoms with van der Waals surface area (Å²) >= 11 is 1.32. The van der Waals surface area contributed by atoms with Crippen LogP contribution in [-0.2, 0) is 9.59 Å². The summed E-state index contributed by atoms with van der Waals surface area (Å²) in [5.74, 6) is 0.437. The SMILES string of the molecule is CC(=O)Nc1cccc(-n2c(C)nnc2SC(C)C(=O)Nc2ccccc2)c1. The van der Waals surface area contributed by atoms with Gasteiger partial charge in [-0.05, 0) is 44.2 Å². The van der Waals surface area contributed by atoms with Crippen LogP contribution in [0.2, 0.25) is 0 Å². The third-order valence-electron chi connectivity index (χ3n) is 3.91. The van der Waals surface area contributed by atoms with Crippen LogP contribution in [0.4, 0.5) is 11.4 Å². The summed E-state index contributed by atoms with van der Waals surface area (Å²) in [6, 6.07) is 16.7. The number of aromatic nitrogens is 3. The van der Waals surface area contributed by atoms with Crippen LogP contribution in [-0.4, -0.2) is 31.8 Å². The second-order valence-corrected chi connectivity index (χ2v) is 7.52. The molecule has 7 nitrogen and oxygen atoms in total. The second kappa shape index (κ2) is 8.71. The Morgan fingerprint density at radius 2 is 1.71 bits per heavy atom. The van der Waals surface area contributed by atoms with Crippen molar-refractivity contribution >= 4 is 35.0 Å². The minimum atomic E-state index is -0.374. The van der Waals surface area contributed by atoms with E-state index in [4.69, 9.17) is 0 Å². The van der Waals surface area contributed by atoms with E-state index < -0.39 is 0 Å². The van der Waals surface area contributed by atoms with E-state index in [1.807, 2.05) is 73.0 Å². The smallest absolute Gasteiger partial charge is 0.237 e. The van der Waals surface area contributed by atoms with Crippen LogP contribution in [0.1, 0.15) is 19.7 Å². The molecule has 3 aromatic rings. The molecule has 0 saturated carbocycles. The fourth-order valence-electron chi connectivity index (χ4n) is 2.62. The van der Waals surface area contributed by atoms with Gasteiger partial charge in [0.2, 0.25) is 11.8 Å². The van der Waals surface area contributed by atoms with Gasteiger partial charge in [0.1, 0.15) is 5.82 Å². The van der Waals surface area contributed by atoms with Gasteiger partial charge in [-0.2, -0.15) is 0 Å². The van der Waals surface area contributed by atoms with Gasteiger partial charge in [-0.15, -0.1) is 10.2 Å². The van der Waals surface area contributed by atoms with Crippen molar-refractivity contribution in [2.24, 2.45) is 0 Å². The Labute approximate surface area is 167 Å². The van der Waals surface area contributed by atoms with Crippen LogP contribution >= 0.6 is 11.8 Å². The van der Waals surface area contributed by atoms with Gasteiger partial charge in [-0.25, -0.2) is 0 Å². The Bertz CT molecular complexity index is 987. The molecule has 1 atom stereocenters. The van der Waals surface area contributed by atoms with Gasteiger partial charge in [0.15, 0.2) is 5.16 Å². The van der Waals surface area contributed by atoms with Gasteiger partial charge >= 0.3 is 0 Å². The Kier molecular flexibility index (Phi) is 6.10. The van der Waals surface area contributed by atoms with Gasteiger partial charge in [-0.1, -0.05) is 36.0 Å². The van der Waals surface area contributed by atoms with Gasteiger partial charge in [0, 0.05) is 18.3 Å². The van der Waals surface area contributed by atoms with Crippen molar-refractivity contribution < 1.29 is 9.59 Å². The van der Waals surface area contributed by atoms with Crippen molar-refractivity contribution in [3.63, 3.8) is 0 Å². The first-order chi connectivity index (χ1) is 13.4. The van der Waals surface area contributed by atoms with Crippen molar-refractivity contribution in [1.29, 1.82) is 0 Å². The number of carbonyl (C=O) groups excluding carboxylic acids is 2. The highest BCUT2D eigenvalue weighted by atomic mass is 32.2. The number of thioether (sulfide) groups is 1. The lowest BCUT2D eigenvalue weighted by atomic mass is 10.2. The van der Waals surface area contributed by atoms with E-state index >= 15 is 0 Å². The largest absolute Gasteiger partial charge is 0.326 e. The van der Waals surface area contributed by atoms with Gasteiger partial charge < -0.3 is 10.6 Å². The summed E-state index contributed by atoms with van der Waals surface area (Å²) < 4.78 is 1.86. The van der Waals surface area contributed by atoms with Crippen molar-refractivity contribution in [3.05, 3.63) is 60.4 Å². The zero-order valence-corrected chi connectivity index (χ0v) is 16.7. The van der Waals surface area contributed by atoms with Crippen LogP contribution in [0, 0.1) is 6.92 Å². The number of hydrogen-bond acceptors (Lipinski definition) is 5. The molecule has 0 aliphatic rings. The fraction of sp³-hybridized carbons (Fsp3) is 0.200. The second-order valence-electron chi connectivity index (χ2n) is 6.21. The number of nitrogens with zero attached hydrogens (tertiary/aromatic N) is 3. The van der Waals surface area contributed by atoms with Crippen molar-refractivity contribution in [2.45, 2.75) is 31.2 Å². The predicted octanol–water partition coefficient (Wildman–Crippen LogP) is 3.65. The summed E-state index contributed by atoms with van der Waals surface area (Å²) in [7, 11) is 0. The molecule has 1 unspecified atom stereocenters. The molecule has 2 amide bonds. The van der Waals surface area contributed by atoms with Crippen LogP contribution in [0.25, 0.3) is 5.69 Å². The molecule has 0 spiro atoms. The number of anilines is 2. The Hall–Kier alpha value is -3.13. The maximum Gasteiger partial charge on any atom is 0.237 e. The van der Waals surface area contributed by atoms with Crippen molar-refractivity contribution in [1.82, 2.24) is 14.8 Å². The molecule has 2 aromatic carbocycles. The number of carbonyl (C=O) groups is 2. The number of rotatable bonds is 6. The summed E-state index contributed by atoms with van der Waals surface area (Å²) in [6.45, 7) is 5.13. The molecular formula is C20H21N5O2S. The monoisotopic (exact) mass is 395 g/mol. The molecule has 1 aromatic heterocycles. The van der Waals surface area contributed by atoms with Gasteiger partial charge in [-0.3, -0.25) is 14.2 Å². The predicted molar refractivity (Wildman–Crippen MR) is 111 cm³/mol. The van der Waals surface area contributed by atoms with E-state index in [2.05, 4.69) is 20.8 Å². The highest BCUT2D eigenvalue weighted by molar-refractivity contribution is 8.00. The number of para-hydroxylation sites is 1. The Balaban J connectivity index is 1.79. The minimum absolute atomic E-state index is 0.115. The van der Waals surface area contributed by atoms with E-state index in [0.29, 0.717) is 16.7 Å². The molecule has 2 N–H and O–H groups in total. The fourth-order valence-corrected chi connectivity index (χ4v) is 3.53. The Morgan fingerprint density at radius 3 is 2.43 bits per heavy atom. The molecule has 8 heteroatoms. The lowest BCUT2D eigenvalue weighted by Crippen LogP contribution is -2.22. The van der Waals surface area contributed by atoms with Gasteiger partial charge in [0.25, 0.3) is 0 Å². The molecule has 0 bridgehead atoms. The first-order valence-electron chi connectivity index (χ1n) is 8.76. The van der Waals surface area contributed by atoms with Crippen LogP contribution in [0.15, 0.2) is 59.8 Å². The molecule has 0 aliphatic carbocycles. The average molecular weight is 395 g/mol. The molecule has 0 radical (unpaired) electrons. The van der Waals surface area contributed by atoms with E-state index in [1.54, 1.807) is 0 Å². The maximum absolute atomic E-state index is 12.5. The summed E-state index contributed by atoms with van der Waals surface area (Å²) in [4.78, 5) is 23.8. The number of aryl methyl sites for hydroxylation is 1. The lowest BCUT2D eigenvalue weighted by molar-refractivity contribution is -0.115. The standard InChI is InChI=1S/C20H21N5O2S/c1-13(19(27)22-16-8-5-4-6-9-16)28-20-24-23-14(2)25(20)18-11-7-10-17(12-18)21-15(3)26/h4-13H,1-3H3,(H,21,26)(H,22,27). The number of amides is 2. The number of hydrogen-bond donors (Lipinski definition) is 2. The van der Waals surface area contributed by atoms with Crippen LogP contribution in [0.3, 0.4) is 0 Å². The minimum Gasteiger partial charge on any atom is -0.326 e. The summed E-state index contributed by atoms with van der Waals surface area (Å²) in [6.07, 6.45) is 0. The first kappa shape index (κ1) is 19.6. The zero-order chi connectivity index (χ0) is 20.1. The third-order valence-corrected chi connectivity index (χ3v) is 4.96. The maximum atomic E-state index is 12.5. The highest BCUT2D eigenvalue weighted by Gasteiger charge is 2.20. The lowest BCUT2D eigenvalue weighted by Gasteiger charge is -2.14. The molecule has 144 valence electrons. The van der Waals surface area contributed by atoms with Crippen LogP contribution in [0.5, 0.6) is 0 Å². The first-order valence-corrected chi connectivity index (χ1v) is 9.64. The van der Waals surface area contributed by atoms with Gasteiger partial charge in [0.05, 0.1) is 10.9 Å². The highest BCUT2D eigenvalue weighted by Crippen LogP contribution is 2.27. The van der Waals surface area contributed by atoms with Crippen molar-refractivity contribution in [2.75, 3.05) is 10.6 Å². The normalized spacial score (nSPS) is 11.7. The molecule has 0 saturated heterocycles. The van der Waals surface area contributed by atoms with E-state index in [9.17, 15) is 9.59 Å². The third kappa shape index (κ3) is 4.77. The number of nitrogens with one attached hydrogen (secondary N) is 2. The van der Waals surface area contributed by atoms with E-state index in [1.165, 1.54) is 18.7 Å². The quantitative estimate of drug-likeness (QED) is 0.622. The zero-order valence-electron chi connectivity index (χ0n) is 15.8. The summed E-state index contributed by atoms with van der Waals surface area (Å²) in [5.41, 5.74) is 2.25. The molecule has 1 heterocycles. The molecule has 28 heavy (non-hydrogen) atoms. The molecule has 3 rings (SSSR count). The average Bonchev–Trinajstić information content (AvgIpc) is 3.02. The van der Waals surface area contributed by atoms with E-state index in [0.717, 1.165) is 11.4 Å². The molecule has 0 fully saturated rings. The Morgan fingerprint density at radius 1 is 1.00 bits per heavy atom. The van der Waals surface area contributed by atoms with E-state index in [-0.39, 0.29) is 17.1 Å². The topological polar surface area (TPSA) is 88.9 Å². The van der Waals surface area contributed by atoms with Crippen molar-refractivity contribution in [3.8, 4) is 5.69 Å². The number of benzene rings is 2. The molecule has 0 aliphatic heterocycles. The summed E-state index contributed by atoms with van der Waals surface area (Å²) in [5, 5.41) is 14.3. The van der Waals surface area contributed by atoms with Crippen LogP contribution < -0.4 is 10.6 Å².